The summed E-state index contributed by atoms with van der Waals surface area (Å²) in [6, 6.07) is 7.43. The van der Waals surface area contributed by atoms with Crippen molar-refractivity contribution >= 4 is 17.3 Å². The number of nitriles is 1. The van der Waals surface area contributed by atoms with E-state index in [2.05, 4.69) is 5.32 Å². The first-order chi connectivity index (χ1) is 6.67. The fraction of sp³-hybridized carbons (Fsp3) is 0.300. The van der Waals surface area contributed by atoms with Gasteiger partial charge >= 0.3 is 0 Å². The normalized spacial score (nSPS) is 11.9. The molecule has 1 aromatic carbocycles. The Labute approximate surface area is 88.5 Å². The molecule has 0 aliphatic heterocycles. The van der Waals surface area contributed by atoms with Gasteiger partial charge in [-0.05, 0) is 25.1 Å². The molecule has 0 aliphatic carbocycles. The molecule has 1 unspecified atom stereocenters. The third-order valence-electron chi connectivity index (χ3n) is 1.86. The maximum Gasteiger partial charge on any atom is 0.101 e. The molecular weight excluding hydrogens is 198 g/mol. The highest BCUT2D eigenvalue weighted by molar-refractivity contribution is 6.32. The number of halogens is 1. The molecule has 0 aromatic heterocycles. The molecule has 3 N–H and O–H groups in total. The Morgan fingerprint density at radius 3 is 2.86 bits per heavy atom. The summed E-state index contributed by atoms with van der Waals surface area (Å²) < 4.78 is 0. The van der Waals surface area contributed by atoms with Crippen LogP contribution in [0.4, 0.5) is 5.69 Å². The van der Waals surface area contributed by atoms with Crippen LogP contribution in [0.1, 0.15) is 12.5 Å². The summed E-state index contributed by atoms with van der Waals surface area (Å²) >= 11 is 5.86. The predicted molar refractivity (Wildman–Crippen MR) is 58.3 cm³/mol. The standard InChI is InChI=1S/C10H12ClN3/c1-7(5-12)14-9-3-2-8(6-13)10(11)4-9/h2-4,7,14H,5,12H2,1H3. The molecular formula is C10H12ClN3. The van der Waals surface area contributed by atoms with Crippen molar-refractivity contribution in [3.63, 3.8) is 0 Å². The fourth-order valence-corrected chi connectivity index (χ4v) is 1.26. The van der Waals surface area contributed by atoms with Gasteiger partial charge in [0.25, 0.3) is 0 Å². The Morgan fingerprint density at radius 1 is 1.64 bits per heavy atom. The highest BCUT2D eigenvalue weighted by Gasteiger charge is 2.02. The molecule has 0 fully saturated rings. The van der Waals surface area contributed by atoms with E-state index in [0.717, 1.165) is 5.69 Å². The van der Waals surface area contributed by atoms with Crippen LogP contribution in [0, 0.1) is 11.3 Å². The Bertz CT molecular complexity index is 357. The lowest BCUT2D eigenvalue weighted by atomic mass is 10.2. The van der Waals surface area contributed by atoms with Gasteiger partial charge in [-0.3, -0.25) is 0 Å². The number of rotatable bonds is 3. The summed E-state index contributed by atoms with van der Waals surface area (Å²) in [5, 5.41) is 12.3. The molecule has 74 valence electrons. The Hall–Kier alpha value is -1.24. The largest absolute Gasteiger partial charge is 0.381 e. The van der Waals surface area contributed by atoms with Crippen molar-refractivity contribution in [3.8, 4) is 6.07 Å². The van der Waals surface area contributed by atoms with E-state index in [0.29, 0.717) is 17.1 Å². The molecule has 1 atom stereocenters. The smallest absolute Gasteiger partial charge is 0.101 e. The van der Waals surface area contributed by atoms with Gasteiger partial charge in [-0.2, -0.15) is 5.26 Å². The maximum absolute atomic E-state index is 8.66. The average molecular weight is 210 g/mol. The van der Waals surface area contributed by atoms with Crippen LogP contribution < -0.4 is 11.1 Å². The zero-order valence-electron chi connectivity index (χ0n) is 7.92. The molecule has 0 aliphatic rings. The van der Waals surface area contributed by atoms with Crippen LogP contribution in [0.15, 0.2) is 18.2 Å². The van der Waals surface area contributed by atoms with Gasteiger partial charge in [0.1, 0.15) is 6.07 Å². The number of anilines is 1. The quantitative estimate of drug-likeness (QED) is 0.800. The number of benzene rings is 1. The van der Waals surface area contributed by atoms with Gasteiger partial charge in [0.2, 0.25) is 0 Å². The van der Waals surface area contributed by atoms with Gasteiger partial charge in [0, 0.05) is 18.3 Å². The first-order valence-electron chi connectivity index (χ1n) is 4.33. The summed E-state index contributed by atoms with van der Waals surface area (Å²) in [5.74, 6) is 0. The fourth-order valence-electron chi connectivity index (χ4n) is 1.04. The van der Waals surface area contributed by atoms with E-state index < -0.39 is 0 Å². The lowest BCUT2D eigenvalue weighted by Gasteiger charge is -2.12. The molecule has 4 heteroatoms. The van der Waals surface area contributed by atoms with E-state index >= 15 is 0 Å². The van der Waals surface area contributed by atoms with Gasteiger partial charge in [-0.25, -0.2) is 0 Å². The van der Waals surface area contributed by atoms with Crippen LogP contribution in [0.25, 0.3) is 0 Å². The maximum atomic E-state index is 8.66. The first-order valence-corrected chi connectivity index (χ1v) is 4.71. The van der Waals surface area contributed by atoms with E-state index in [1.807, 2.05) is 19.1 Å². The summed E-state index contributed by atoms with van der Waals surface area (Å²) in [6.07, 6.45) is 0. The predicted octanol–water partition coefficient (Wildman–Crippen LogP) is 1.97. The van der Waals surface area contributed by atoms with Crippen LogP contribution in [0.2, 0.25) is 5.02 Å². The summed E-state index contributed by atoms with van der Waals surface area (Å²) in [6.45, 7) is 2.53. The lowest BCUT2D eigenvalue weighted by Crippen LogP contribution is -2.25. The molecule has 0 saturated heterocycles. The molecule has 0 heterocycles. The average Bonchev–Trinajstić information content (AvgIpc) is 2.18. The van der Waals surface area contributed by atoms with Crippen LogP contribution in [0.5, 0.6) is 0 Å². The van der Waals surface area contributed by atoms with Crippen molar-refractivity contribution in [2.75, 3.05) is 11.9 Å². The van der Waals surface area contributed by atoms with Crippen molar-refractivity contribution in [3.05, 3.63) is 28.8 Å². The van der Waals surface area contributed by atoms with Crippen LogP contribution in [0.3, 0.4) is 0 Å². The van der Waals surface area contributed by atoms with Gasteiger partial charge in [-0.15, -0.1) is 0 Å². The number of nitrogens with two attached hydrogens (primary N) is 1. The third kappa shape index (κ3) is 2.63. The molecule has 1 rings (SSSR count). The number of hydrogen-bond donors (Lipinski definition) is 2. The SMILES string of the molecule is CC(CN)Nc1ccc(C#N)c(Cl)c1. The minimum atomic E-state index is 0.194. The second-order valence-corrected chi connectivity index (χ2v) is 3.49. The van der Waals surface area contributed by atoms with Crippen LogP contribution >= 0.6 is 11.6 Å². The molecule has 0 bridgehead atoms. The van der Waals surface area contributed by atoms with E-state index in [4.69, 9.17) is 22.6 Å². The Balaban J connectivity index is 2.82. The molecule has 3 nitrogen and oxygen atoms in total. The summed E-state index contributed by atoms with van der Waals surface area (Å²) in [7, 11) is 0. The summed E-state index contributed by atoms with van der Waals surface area (Å²) in [4.78, 5) is 0. The second kappa shape index (κ2) is 4.85. The van der Waals surface area contributed by atoms with Gasteiger partial charge < -0.3 is 11.1 Å². The van der Waals surface area contributed by atoms with Crippen molar-refractivity contribution in [2.24, 2.45) is 5.73 Å². The number of hydrogen-bond acceptors (Lipinski definition) is 3. The van der Waals surface area contributed by atoms with E-state index in [1.54, 1.807) is 12.1 Å². The zero-order chi connectivity index (χ0) is 10.6. The minimum absolute atomic E-state index is 0.194. The third-order valence-corrected chi connectivity index (χ3v) is 2.17. The molecule has 0 radical (unpaired) electrons. The lowest BCUT2D eigenvalue weighted by molar-refractivity contribution is 0.804. The van der Waals surface area contributed by atoms with Crippen molar-refractivity contribution in [2.45, 2.75) is 13.0 Å². The van der Waals surface area contributed by atoms with Crippen molar-refractivity contribution < 1.29 is 0 Å². The van der Waals surface area contributed by atoms with Gasteiger partial charge in [0.15, 0.2) is 0 Å². The van der Waals surface area contributed by atoms with Crippen molar-refractivity contribution in [1.29, 1.82) is 5.26 Å². The van der Waals surface area contributed by atoms with Crippen molar-refractivity contribution in [1.82, 2.24) is 0 Å². The van der Waals surface area contributed by atoms with Crippen LogP contribution in [-0.4, -0.2) is 12.6 Å². The molecule has 0 saturated carbocycles. The highest BCUT2D eigenvalue weighted by Crippen LogP contribution is 2.20. The van der Waals surface area contributed by atoms with E-state index in [-0.39, 0.29) is 6.04 Å². The Kier molecular flexibility index (Phi) is 3.75. The highest BCUT2D eigenvalue weighted by atomic mass is 35.5. The van der Waals surface area contributed by atoms with Gasteiger partial charge in [-0.1, -0.05) is 11.6 Å². The van der Waals surface area contributed by atoms with Crippen LogP contribution in [-0.2, 0) is 0 Å². The first kappa shape index (κ1) is 10.8. The number of nitrogens with one attached hydrogen (secondary N) is 1. The molecule has 0 amide bonds. The molecule has 1 aromatic rings. The second-order valence-electron chi connectivity index (χ2n) is 3.09. The van der Waals surface area contributed by atoms with E-state index in [1.165, 1.54) is 0 Å². The monoisotopic (exact) mass is 209 g/mol. The molecule has 14 heavy (non-hydrogen) atoms. The molecule has 0 spiro atoms. The van der Waals surface area contributed by atoms with E-state index in [9.17, 15) is 0 Å². The van der Waals surface area contributed by atoms with Gasteiger partial charge in [0.05, 0.1) is 10.6 Å². The zero-order valence-corrected chi connectivity index (χ0v) is 8.67. The minimum Gasteiger partial charge on any atom is -0.381 e. The summed E-state index contributed by atoms with van der Waals surface area (Å²) in [5.41, 5.74) is 6.83. The number of nitrogens with zero attached hydrogens (tertiary/aromatic N) is 1. The Morgan fingerprint density at radius 2 is 2.36 bits per heavy atom. The topological polar surface area (TPSA) is 61.8 Å².